The summed E-state index contributed by atoms with van der Waals surface area (Å²) in [6.45, 7) is 1.83. The summed E-state index contributed by atoms with van der Waals surface area (Å²) in [6, 6.07) is 4.35. The molecule has 0 bridgehead atoms. The highest BCUT2D eigenvalue weighted by molar-refractivity contribution is 5.55. The highest BCUT2D eigenvalue weighted by Gasteiger charge is 2.38. The van der Waals surface area contributed by atoms with Crippen LogP contribution in [0.3, 0.4) is 0 Å². The second-order valence-corrected chi connectivity index (χ2v) is 4.27. The van der Waals surface area contributed by atoms with Gasteiger partial charge in [0.1, 0.15) is 5.56 Å². The van der Waals surface area contributed by atoms with Crippen molar-refractivity contribution in [2.75, 3.05) is 5.32 Å². The minimum absolute atomic E-state index is 0.0991. The maximum Gasteiger partial charge on any atom is 0.423 e. The molecule has 21 heavy (non-hydrogen) atoms. The summed E-state index contributed by atoms with van der Waals surface area (Å²) in [5, 5.41) is 17.0. The molecule has 0 fully saturated rings. The lowest BCUT2D eigenvalue weighted by atomic mass is 10.1. The maximum absolute atomic E-state index is 12.8. The number of alkyl halides is 3. The van der Waals surface area contributed by atoms with Crippen molar-refractivity contribution >= 4 is 11.4 Å². The first-order valence-electron chi connectivity index (χ1n) is 5.79. The van der Waals surface area contributed by atoms with Gasteiger partial charge in [0, 0.05) is 17.8 Å². The molecule has 0 amide bonds. The van der Waals surface area contributed by atoms with E-state index in [-0.39, 0.29) is 12.2 Å². The molecule has 0 aliphatic rings. The third kappa shape index (κ3) is 3.50. The van der Waals surface area contributed by atoms with Crippen molar-refractivity contribution in [1.82, 2.24) is 5.16 Å². The number of rotatable bonds is 4. The molecule has 112 valence electrons. The Bertz CT molecular complexity index is 667. The zero-order valence-electron chi connectivity index (χ0n) is 10.8. The molecule has 0 aliphatic carbocycles. The molecule has 0 spiro atoms. The number of aryl methyl sites for hydroxylation is 1. The molecule has 1 aromatic carbocycles. The zero-order chi connectivity index (χ0) is 15.6. The van der Waals surface area contributed by atoms with Gasteiger partial charge in [0.2, 0.25) is 0 Å². The molecule has 1 aromatic heterocycles. The van der Waals surface area contributed by atoms with Gasteiger partial charge in [-0.05, 0) is 19.1 Å². The number of nitro benzene ring substituents is 1. The summed E-state index contributed by atoms with van der Waals surface area (Å²) in [5.74, 6) is 0.444. The molecule has 6 nitrogen and oxygen atoms in total. The van der Waals surface area contributed by atoms with E-state index in [1.54, 1.807) is 13.0 Å². The van der Waals surface area contributed by atoms with Gasteiger partial charge in [0.15, 0.2) is 5.76 Å². The van der Waals surface area contributed by atoms with E-state index >= 15 is 0 Å². The van der Waals surface area contributed by atoms with E-state index in [2.05, 4.69) is 10.5 Å². The Labute approximate surface area is 116 Å². The fourth-order valence-corrected chi connectivity index (χ4v) is 1.72. The lowest BCUT2D eigenvalue weighted by molar-refractivity contribution is -0.388. The number of nitrogens with one attached hydrogen (secondary N) is 1. The summed E-state index contributed by atoms with van der Waals surface area (Å²) in [6.07, 6.45) is -4.80. The number of hydrogen-bond acceptors (Lipinski definition) is 5. The quantitative estimate of drug-likeness (QED) is 0.690. The van der Waals surface area contributed by atoms with Gasteiger partial charge in [-0.15, -0.1) is 0 Å². The number of anilines is 1. The topological polar surface area (TPSA) is 81.2 Å². The number of halogens is 3. The molecule has 0 radical (unpaired) electrons. The van der Waals surface area contributed by atoms with Gasteiger partial charge in [-0.25, -0.2) is 0 Å². The summed E-state index contributed by atoms with van der Waals surface area (Å²) in [4.78, 5) is 9.56. The van der Waals surface area contributed by atoms with Crippen molar-refractivity contribution in [3.05, 3.63) is 51.4 Å². The third-order valence-electron chi connectivity index (χ3n) is 2.64. The Kier molecular flexibility index (Phi) is 3.83. The van der Waals surface area contributed by atoms with Crippen LogP contribution in [0.5, 0.6) is 0 Å². The molecule has 2 rings (SSSR count). The van der Waals surface area contributed by atoms with Crippen LogP contribution in [0.1, 0.15) is 17.0 Å². The predicted octanol–water partition coefficient (Wildman–Crippen LogP) is 3.52. The number of hydrogen-bond donors (Lipinski definition) is 1. The summed E-state index contributed by atoms with van der Waals surface area (Å²) < 4.78 is 43.3. The van der Waals surface area contributed by atoms with Crippen molar-refractivity contribution in [3.63, 3.8) is 0 Å². The van der Waals surface area contributed by atoms with Crippen LogP contribution in [0.25, 0.3) is 0 Å². The van der Waals surface area contributed by atoms with E-state index in [1.165, 1.54) is 6.07 Å². The largest absolute Gasteiger partial charge is 0.423 e. The first-order valence-corrected chi connectivity index (χ1v) is 5.79. The van der Waals surface area contributed by atoms with E-state index in [0.29, 0.717) is 17.5 Å². The predicted molar refractivity (Wildman–Crippen MR) is 66.7 cm³/mol. The Balaban J connectivity index is 2.23. The van der Waals surface area contributed by atoms with E-state index < -0.39 is 22.4 Å². The smallest absolute Gasteiger partial charge is 0.378 e. The minimum atomic E-state index is -4.80. The number of nitro groups is 1. The number of nitrogens with zero attached hydrogens (tertiary/aromatic N) is 2. The van der Waals surface area contributed by atoms with Gasteiger partial charge < -0.3 is 9.84 Å². The SMILES string of the molecule is Cc1cc(CNc2ccc([N+](=O)[O-])c(C(F)(F)F)c2)on1. The van der Waals surface area contributed by atoms with Crippen LogP contribution in [-0.2, 0) is 12.7 Å². The van der Waals surface area contributed by atoms with Crippen LogP contribution >= 0.6 is 0 Å². The molecular weight excluding hydrogens is 291 g/mol. The molecule has 1 heterocycles. The Hall–Kier alpha value is -2.58. The standard InChI is InChI=1S/C12H10F3N3O3/c1-7-4-9(21-17-7)6-16-8-2-3-11(18(19)20)10(5-8)12(13,14)15/h2-5,16H,6H2,1H3. The van der Waals surface area contributed by atoms with Crippen LogP contribution in [0.4, 0.5) is 24.5 Å². The zero-order valence-corrected chi connectivity index (χ0v) is 10.8. The monoisotopic (exact) mass is 301 g/mol. The molecule has 0 unspecified atom stereocenters. The van der Waals surface area contributed by atoms with Crippen LogP contribution in [0, 0.1) is 17.0 Å². The van der Waals surface area contributed by atoms with Crippen molar-refractivity contribution in [2.45, 2.75) is 19.6 Å². The Morgan fingerprint density at radius 2 is 2.10 bits per heavy atom. The van der Waals surface area contributed by atoms with Gasteiger partial charge in [-0.1, -0.05) is 5.16 Å². The molecule has 0 saturated carbocycles. The van der Waals surface area contributed by atoms with E-state index in [9.17, 15) is 23.3 Å². The minimum Gasteiger partial charge on any atom is -0.378 e. The Morgan fingerprint density at radius 3 is 2.62 bits per heavy atom. The third-order valence-corrected chi connectivity index (χ3v) is 2.64. The lowest BCUT2D eigenvalue weighted by Gasteiger charge is -2.10. The second kappa shape index (κ2) is 5.43. The highest BCUT2D eigenvalue weighted by Crippen LogP contribution is 2.37. The first kappa shape index (κ1) is 14.8. The normalized spacial score (nSPS) is 11.4. The van der Waals surface area contributed by atoms with Crippen molar-refractivity contribution in [3.8, 4) is 0 Å². The van der Waals surface area contributed by atoms with E-state index in [4.69, 9.17) is 4.52 Å². The van der Waals surface area contributed by atoms with Gasteiger partial charge in [0.05, 0.1) is 17.2 Å². The van der Waals surface area contributed by atoms with Crippen LogP contribution in [-0.4, -0.2) is 10.1 Å². The molecule has 1 N–H and O–H groups in total. The van der Waals surface area contributed by atoms with Gasteiger partial charge >= 0.3 is 6.18 Å². The van der Waals surface area contributed by atoms with Gasteiger partial charge in [-0.2, -0.15) is 13.2 Å². The lowest BCUT2D eigenvalue weighted by Crippen LogP contribution is -2.10. The number of benzene rings is 1. The van der Waals surface area contributed by atoms with E-state index in [1.807, 2.05) is 0 Å². The van der Waals surface area contributed by atoms with Crippen LogP contribution in [0.15, 0.2) is 28.8 Å². The highest BCUT2D eigenvalue weighted by atomic mass is 19.4. The molecule has 9 heteroatoms. The molecular formula is C12H10F3N3O3. The average Bonchev–Trinajstić information content (AvgIpc) is 2.81. The fraction of sp³-hybridized carbons (Fsp3) is 0.250. The molecule has 2 aromatic rings. The molecule has 0 saturated heterocycles. The van der Waals surface area contributed by atoms with Crippen molar-refractivity contribution in [1.29, 1.82) is 0 Å². The molecule has 0 aliphatic heterocycles. The fourth-order valence-electron chi connectivity index (χ4n) is 1.72. The summed E-state index contributed by atoms with van der Waals surface area (Å²) in [5.41, 5.74) is -1.54. The number of aromatic nitrogens is 1. The second-order valence-electron chi connectivity index (χ2n) is 4.27. The summed E-state index contributed by atoms with van der Waals surface area (Å²) in [7, 11) is 0. The van der Waals surface area contributed by atoms with Crippen molar-refractivity contribution in [2.24, 2.45) is 0 Å². The van der Waals surface area contributed by atoms with E-state index in [0.717, 1.165) is 6.07 Å². The first-order chi connectivity index (χ1) is 9.77. The Morgan fingerprint density at radius 1 is 1.38 bits per heavy atom. The summed E-state index contributed by atoms with van der Waals surface area (Å²) >= 11 is 0. The molecule has 0 atom stereocenters. The van der Waals surface area contributed by atoms with Crippen LogP contribution in [0.2, 0.25) is 0 Å². The average molecular weight is 301 g/mol. The van der Waals surface area contributed by atoms with Gasteiger partial charge in [0.25, 0.3) is 5.69 Å². The maximum atomic E-state index is 12.8. The van der Waals surface area contributed by atoms with Gasteiger partial charge in [-0.3, -0.25) is 10.1 Å². The van der Waals surface area contributed by atoms with Crippen LogP contribution < -0.4 is 5.32 Å². The van der Waals surface area contributed by atoms with Crippen molar-refractivity contribution < 1.29 is 22.6 Å².